The number of rotatable bonds is 13. The van der Waals surface area contributed by atoms with E-state index in [4.69, 9.17) is 25.6 Å². The highest BCUT2D eigenvalue weighted by molar-refractivity contribution is 7.53. The van der Waals surface area contributed by atoms with Crippen LogP contribution in [0.2, 0.25) is 5.02 Å². The van der Waals surface area contributed by atoms with Crippen molar-refractivity contribution < 1.29 is 18.4 Å². The van der Waals surface area contributed by atoms with Crippen LogP contribution in [0.3, 0.4) is 0 Å². The van der Waals surface area contributed by atoms with Crippen molar-refractivity contribution in [2.24, 2.45) is 0 Å². The van der Waals surface area contributed by atoms with E-state index in [0.29, 0.717) is 43.2 Å². The van der Waals surface area contributed by atoms with Gasteiger partial charge in [-0.3, -0.25) is 13.9 Å². The van der Waals surface area contributed by atoms with Gasteiger partial charge in [0.25, 0.3) is 0 Å². The maximum atomic E-state index is 12.8. The average molecular weight is 623 g/mol. The number of fused-ring (bicyclic) bond motifs is 1. The van der Waals surface area contributed by atoms with Crippen molar-refractivity contribution in [2.45, 2.75) is 39.3 Å². The second-order valence-electron chi connectivity index (χ2n) is 9.58. The number of nitrogens with zero attached hydrogens (tertiary/aromatic N) is 3. The molecule has 0 bridgehead atoms. The standard InChI is InChI=1S/C31H32ClN4O4PS/c1-3-39-41(38,40-4-2)20-22-12-18-25(19-13-22)34-29(37)11-7-10-28-30(23-14-16-24(32)17-15-23)35-31(42-28)36-21-33-26-8-5-6-9-27(26)36/h5-6,8-9,12-19,21H,3-4,7,10-11,20H2,1-2H3,(H,34,37). The summed E-state index contributed by atoms with van der Waals surface area (Å²) in [6, 6.07) is 22.9. The minimum atomic E-state index is -3.19. The lowest BCUT2D eigenvalue weighted by Crippen LogP contribution is -2.11. The fourth-order valence-electron chi connectivity index (χ4n) is 4.63. The van der Waals surface area contributed by atoms with E-state index in [2.05, 4.69) is 10.3 Å². The Hall–Kier alpha value is -3.33. The van der Waals surface area contributed by atoms with E-state index in [1.165, 1.54) is 0 Å². The Kier molecular flexibility index (Phi) is 9.88. The lowest BCUT2D eigenvalue weighted by molar-refractivity contribution is -0.116. The minimum absolute atomic E-state index is 0.0737. The monoisotopic (exact) mass is 622 g/mol. The van der Waals surface area contributed by atoms with Gasteiger partial charge in [0.2, 0.25) is 5.91 Å². The second-order valence-corrected chi connectivity index (χ2v) is 13.1. The van der Waals surface area contributed by atoms with E-state index in [0.717, 1.165) is 37.9 Å². The number of imidazole rings is 1. The van der Waals surface area contributed by atoms with Gasteiger partial charge >= 0.3 is 7.60 Å². The molecule has 3 aromatic carbocycles. The summed E-state index contributed by atoms with van der Waals surface area (Å²) < 4.78 is 25.6. The largest absolute Gasteiger partial charge is 0.335 e. The summed E-state index contributed by atoms with van der Waals surface area (Å²) in [5.41, 5.74) is 5.26. The number of aromatic nitrogens is 3. The number of hydrogen-bond acceptors (Lipinski definition) is 7. The Bertz CT molecular complexity index is 1690. The van der Waals surface area contributed by atoms with Crippen molar-refractivity contribution in [3.05, 3.63) is 94.6 Å². The molecule has 1 amide bonds. The third-order valence-electron chi connectivity index (χ3n) is 6.54. The van der Waals surface area contributed by atoms with Gasteiger partial charge in [-0.25, -0.2) is 9.97 Å². The lowest BCUT2D eigenvalue weighted by Gasteiger charge is -2.17. The van der Waals surface area contributed by atoms with Crippen molar-refractivity contribution in [2.75, 3.05) is 18.5 Å². The molecule has 0 fully saturated rings. The number of para-hydroxylation sites is 2. The van der Waals surface area contributed by atoms with Gasteiger partial charge in [-0.1, -0.05) is 48.0 Å². The van der Waals surface area contributed by atoms with Crippen LogP contribution in [0.25, 0.3) is 27.4 Å². The molecular formula is C31H32ClN4O4PS. The van der Waals surface area contributed by atoms with Crippen LogP contribution in [0.5, 0.6) is 0 Å². The summed E-state index contributed by atoms with van der Waals surface area (Å²) in [5.74, 6) is -0.0737. The zero-order chi connectivity index (χ0) is 29.5. The molecule has 2 aromatic heterocycles. The number of thiazole rings is 1. The predicted octanol–water partition coefficient (Wildman–Crippen LogP) is 8.53. The third-order valence-corrected chi connectivity index (χ3v) is 9.96. The van der Waals surface area contributed by atoms with Gasteiger partial charge in [0.05, 0.1) is 36.1 Å². The fraction of sp³-hybridized carbons (Fsp3) is 0.258. The Morgan fingerprint density at radius 2 is 1.71 bits per heavy atom. The average Bonchev–Trinajstić information content (AvgIpc) is 3.59. The number of benzene rings is 3. The normalized spacial score (nSPS) is 11.7. The molecule has 1 N–H and O–H groups in total. The smallest absolute Gasteiger partial charge is 0.326 e. The molecule has 5 aromatic rings. The molecule has 218 valence electrons. The lowest BCUT2D eigenvalue weighted by atomic mass is 10.1. The van der Waals surface area contributed by atoms with Crippen LogP contribution in [0, 0.1) is 0 Å². The molecule has 0 unspecified atom stereocenters. The van der Waals surface area contributed by atoms with Crippen LogP contribution < -0.4 is 5.32 Å². The summed E-state index contributed by atoms with van der Waals surface area (Å²) in [4.78, 5) is 23.4. The quantitative estimate of drug-likeness (QED) is 0.132. The fourth-order valence-corrected chi connectivity index (χ4v) is 7.56. The second kappa shape index (κ2) is 13.8. The third kappa shape index (κ3) is 7.35. The van der Waals surface area contributed by atoms with Gasteiger partial charge in [-0.05, 0) is 68.7 Å². The molecule has 0 aliphatic carbocycles. The molecule has 0 spiro atoms. The summed E-state index contributed by atoms with van der Waals surface area (Å²) >= 11 is 7.74. The van der Waals surface area contributed by atoms with E-state index in [1.54, 1.807) is 43.6 Å². The van der Waals surface area contributed by atoms with Gasteiger partial charge in [-0.2, -0.15) is 0 Å². The van der Waals surface area contributed by atoms with Gasteiger partial charge < -0.3 is 14.4 Å². The molecule has 8 nitrogen and oxygen atoms in total. The first-order chi connectivity index (χ1) is 20.4. The van der Waals surface area contributed by atoms with E-state index >= 15 is 0 Å². The molecule has 0 radical (unpaired) electrons. The van der Waals surface area contributed by atoms with Crippen molar-refractivity contribution in [3.8, 4) is 16.4 Å². The Balaban J connectivity index is 1.25. The minimum Gasteiger partial charge on any atom is -0.326 e. The van der Waals surface area contributed by atoms with E-state index in [1.807, 2.05) is 65.2 Å². The Morgan fingerprint density at radius 3 is 2.43 bits per heavy atom. The molecule has 11 heteroatoms. The molecule has 2 heterocycles. The number of anilines is 1. The van der Waals surface area contributed by atoms with Gasteiger partial charge in [-0.15, -0.1) is 11.3 Å². The van der Waals surface area contributed by atoms with Crippen molar-refractivity contribution >= 4 is 53.2 Å². The van der Waals surface area contributed by atoms with Crippen LogP contribution in [-0.4, -0.2) is 33.7 Å². The van der Waals surface area contributed by atoms with E-state index < -0.39 is 7.60 Å². The SMILES string of the molecule is CCOP(=O)(Cc1ccc(NC(=O)CCCc2sc(-n3cnc4ccccc43)nc2-c2ccc(Cl)cc2)cc1)OCC. The predicted molar refractivity (Wildman–Crippen MR) is 170 cm³/mol. The highest BCUT2D eigenvalue weighted by Gasteiger charge is 2.24. The molecular weight excluding hydrogens is 591 g/mol. The maximum Gasteiger partial charge on any atom is 0.335 e. The van der Waals surface area contributed by atoms with Crippen LogP contribution >= 0.6 is 30.5 Å². The highest BCUT2D eigenvalue weighted by atomic mass is 35.5. The molecule has 0 saturated carbocycles. The number of hydrogen-bond donors (Lipinski definition) is 1. The number of carbonyl (C=O) groups excluding carboxylic acids is 1. The summed E-state index contributed by atoms with van der Waals surface area (Å²) in [5, 5.41) is 4.45. The van der Waals surface area contributed by atoms with E-state index in [-0.39, 0.29) is 12.1 Å². The van der Waals surface area contributed by atoms with Crippen molar-refractivity contribution in [1.29, 1.82) is 0 Å². The molecule has 42 heavy (non-hydrogen) atoms. The highest BCUT2D eigenvalue weighted by Crippen LogP contribution is 2.51. The molecule has 0 aliphatic rings. The van der Waals surface area contributed by atoms with Crippen LogP contribution in [0.15, 0.2) is 79.1 Å². The van der Waals surface area contributed by atoms with Crippen molar-refractivity contribution in [3.63, 3.8) is 0 Å². The van der Waals surface area contributed by atoms with Crippen LogP contribution in [0.4, 0.5) is 5.69 Å². The first-order valence-corrected chi connectivity index (χ1v) is 16.7. The number of aryl methyl sites for hydroxylation is 1. The molecule has 0 atom stereocenters. The van der Waals surface area contributed by atoms with Gasteiger partial charge in [0.1, 0.15) is 6.33 Å². The topological polar surface area (TPSA) is 95.3 Å². The van der Waals surface area contributed by atoms with Crippen LogP contribution in [-0.2, 0) is 31.0 Å². The summed E-state index contributed by atoms with van der Waals surface area (Å²) in [7, 11) is -3.19. The number of carbonyl (C=O) groups is 1. The maximum absolute atomic E-state index is 12.8. The Morgan fingerprint density at radius 1 is 1.00 bits per heavy atom. The first kappa shape index (κ1) is 30.1. The number of amides is 1. The Labute approximate surface area is 254 Å². The van der Waals surface area contributed by atoms with Gasteiger partial charge in [0.15, 0.2) is 5.13 Å². The van der Waals surface area contributed by atoms with Crippen LogP contribution in [0.1, 0.15) is 37.1 Å². The first-order valence-electron chi connectivity index (χ1n) is 13.8. The number of halogens is 1. The van der Waals surface area contributed by atoms with E-state index in [9.17, 15) is 9.36 Å². The molecule has 0 saturated heterocycles. The summed E-state index contributed by atoms with van der Waals surface area (Å²) in [6.45, 7) is 4.21. The molecule has 5 rings (SSSR count). The molecule has 0 aliphatic heterocycles. The van der Waals surface area contributed by atoms with Crippen molar-refractivity contribution in [1.82, 2.24) is 14.5 Å². The zero-order valence-electron chi connectivity index (χ0n) is 23.5. The summed E-state index contributed by atoms with van der Waals surface area (Å²) in [6.07, 6.45) is 3.68. The number of nitrogens with one attached hydrogen (secondary N) is 1. The van der Waals surface area contributed by atoms with Gasteiger partial charge in [0, 0.05) is 27.6 Å². The zero-order valence-corrected chi connectivity index (χ0v) is 25.9.